The molecule has 0 saturated carbocycles. The van der Waals surface area contributed by atoms with Gasteiger partial charge in [-0.2, -0.15) is 0 Å². The molecule has 1 saturated heterocycles. The van der Waals surface area contributed by atoms with Crippen LogP contribution in [0.5, 0.6) is 0 Å². The molecule has 11 nitrogen and oxygen atoms in total. The highest BCUT2D eigenvalue weighted by Crippen LogP contribution is 2.25. The summed E-state index contributed by atoms with van der Waals surface area (Å²) in [5.41, 5.74) is 0.0118. The van der Waals surface area contributed by atoms with Gasteiger partial charge in [0, 0.05) is 44.3 Å². The smallest absolute Gasteiger partial charge is 0.341 e. The van der Waals surface area contributed by atoms with Crippen LogP contribution >= 0.6 is 0 Å². The Morgan fingerprint density at radius 2 is 1.71 bits per heavy atom. The lowest BCUT2D eigenvalue weighted by atomic mass is 10.1. The van der Waals surface area contributed by atoms with E-state index in [1.165, 1.54) is 6.20 Å². The molecule has 0 aliphatic carbocycles. The van der Waals surface area contributed by atoms with E-state index in [0.717, 1.165) is 19.2 Å². The van der Waals surface area contributed by atoms with Gasteiger partial charge in [-0.05, 0) is 19.1 Å². The molecule has 12 N–H and O–H groups in total. The molecule has 28 heavy (non-hydrogen) atoms. The number of carbonyl (C=O) groups is 1. The predicted molar refractivity (Wildman–Crippen MR) is 104 cm³/mol. The summed E-state index contributed by atoms with van der Waals surface area (Å²) in [5.74, 6) is -1.80. The maximum atomic E-state index is 14.5. The minimum absolute atomic E-state index is 0. The second-order valence-corrected chi connectivity index (χ2v) is 5.52. The average Bonchev–Trinajstić information content (AvgIpc) is 2.55. The van der Waals surface area contributed by atoms with Crippen LogP contribution in [0, 0.1) is 5.82 Å². The number of nitrogens with zero attached hydrogens (tertiary/aromatic N) is 2. The van der Waals surface area contributed by atoms with Gasteiger partial charge in [-0.1, -0.05) is 0 Å². The van der Waals surface area contributed by atoms with E-state index >= 15 is 0 Å². The van der Waals surface area contributed by atoms with E-state index < -0.39 is 17.2 Å². The number of hydrogen-bond donors (Lipinski definition) is 2. The zero-order valence-corrected chi connectivity index (χ0v) is 15.3. The average molecular weight is 409 g/mol. The summed E-state index contributed by atoms with van der Waals surface area (Å²) in [6.45, 7) is 5.26. The standard InChI is InChI=1S/C16H18FN3O3.5H2O/c1-2-19-9-11(16(22)23)15(21)10-7-12(17)14(8-13(10)19)20-5-3-18-4-6-20;;;;;/h7-9,18H,2-6H2,1H3,(H,22,23);5*1H2. The zero-order valence-electron chi connectivity index (χ0n) is 15.3. The number of carboxylic acid groups (broad SMARTS) is 1. The van der Waals surface area contributed by atoms with Gasteiger partial charge in [-0.25, -0.2) is 9.18 Å². The largest absolute Gasteiger partial charge is 0.477 e. The molecule has 2 heterocycles. The second-order valence-electron chi connectivity index (χ2n) is 5.52. The van der Waals surface area contributed by atoms with Crippen LogP contribution in [-0.4, -0.2) is 69.2 Å². The van der Waals surface area contributed by atoms with Crippen molar-refractivity contribution in [2.75, 3.05) is 31.1 Å². The molecule has 0 amide bonds. The number of aromatic carboxylic acids is 1. The molecule has 0 spiro atoms. The Labute approximate surface area is 159 Å². The van der Waals surface area contributed by atoms with Crippen molar-refractivity contribution >= 4 is 22.6 Å². The number of nitrogens with one attached hydrogen (secondary N) is 1. The SMILES string of the molecule is CCn1cc(C(=O)O)c(=O)c2cc(F)c(N3CCNCC3)cc21.O.O.O.O.O. The highest BCUT2D eigenvalue weighted by atomic mass is 19.1. The Bertz CT molecular complexity index is 837. The van der Waals surface area contributed by atoms with Gasteiger partial charge in [0.15, 0.2) is 0 Å². The number of benzene rings is 1. The number of hydrogen-bond acceptors (Lipinski definition) is 4. The van der Waals surface area contributed by atoms with Crippen molar-refractivity contribution in [2.45, 2.75) is 13.5 Å². The topological polar surface area (TPSA) is 232 Å². The number of piperazine rings is 1. The van der Waals surface area contributed by atoms with Crippen molar-refractivity contribution in [2.24, 2.45) is 0 Å². The third-order valence-corrected chi connectivity index (χ3v) is 4.18. The number of carboxylic acids is 1. The van der Waals surface area contributed by atoms with Crippen LogP contribution < -0.4 is 15.6 Å². The van der Waals surface area contributed by atoms with Crippen LogP contribution in [0.2, 0.25) is 0 Å². The summed E-state index contributed by atoms with van der Waals surface area (Å²) >= 11 is 0. The molecule has 0 atom stereocenters. The maximum absolute atomic E-state index is 14.5. The number of anilines is 1. The monoisotopic (exact) mass is 409 g/mol. The first-order chi connectivity index (χ1) is 11.0. The van der Waals surface area contributed by atoms with Crippen molar-refractivity contribution in [3.8, 4) is 0 Å². The molecule has 1 aliphatic heterocycles. The molecule has 3 rings (SSSR count). The minimum Gasteiger partial charge on any atom is -0.477 e. The van der Waals surface area contributed by atoms with Crippen LogP contribution in [0.4, 0.5) is 10.1 Å². The summed E-state index contributed by atoms with van der Waals surface area (Å²) in [5, 5.41) is 12.5. The lowest BCUT2D eigenvalue weighted by Crippen LogP contribution is -2.43. The molecule has 12 heteroatoms. The quantitative estimate of drug-likeness (QED) is 0.543. The van der Waals surface area contributed by atoms with Crippen molar-refractivity contribution < 1.29 is 41.7 Å². The Morgan fingerprint density at radius 3 is 2.21 bits per heavy atom. The predicted octanol–water partition coefficient (Wildman–Crippen LogP) is -2.86. The number of pyridine rings is 1. The molecule has 0 bridgehead atoms. The van der Waals surface area contributed by atoms with E-state index in [2.05, 4.69) is 5.32 Å². The Hall–Kier alpha value is -2.61. The number of aryl methyl sites for hydroxylation is 1. The third kappa shape index (κ3) is 5.22. The van der Waals surface area contributed by atoms with E-state index in [1.54, 1.807) is 10.6 Å². The Morgan fingerprint density at radius 1 is 1.14 bits per heavy atom. The van der Waals surface area contributed by atoms with Crippen LogP contribution in [-0.2, 0) is 6.54 Å². The maximum Gasteiger partial charge on any atom is 0.341 e. The molecular weight excluding hydrogens is 381 g/mol. The van der Waals surface area contributed by atoms with Crippen LogP contribution in [0.25, 0.3) is 10.9 Å². The van der Waals surface area contributed by atoms with Gasteiger partial charge in [-0.3, -0.25) is 4.79 Å². The molecule has 0 radical (unpaired) electrons. The van der Waals surface area contributed by atoms with Gasteiger partial charge in [0.2, 0.25) is 5.43 Å². The fourth-order valence-corrected chi connectivity index (χ4v) is 2.96. The highest BCUT2D eigenvalue weighted by Gasteiger charge is 2.19. The van der Waals surface area contributed by atoms with Gasteiger partial charge < -0.3 is 47.3 Å². The Balaban J connectivity index is -0.00000125. The first kappa shape index (κ1) is 30.1. The summed E-state index contributed by atoms with van der Waals surface area (Å²) < 4.78 is 16.2. The molecule has 0 unspecified atom stereocenters. The van der Waals surface area contributed by atoms with E-state index in [9.17, 15) is 14.0 Å². The van der Waals surface area contributed by atoms with Gasteiger partial charge in [0.05, 0.1) is 11.2 Å². The molecule has 1 fully saturated rings. The van der Waals surface area contributed by atoms with Crippen molar-refractivity contribution in [3.05, 3.63) is 39.9 Å². The fraction of sp³-hybridized carbons (Fsp3) is 0.375. The lowest BCUT2D eigenvalue weighted by Gasteiger charge is -2.30. The van der Waals surface area contributed by atoms with E-state index in [1.807, 2.05) is 11.8 Å². The highest BCUT2D eigenvalue weighted by molar-refractivity contribution is 5.93. The summed E-state index contributed by atoms with van der Waals surface area (Å²) in [6.07, 6.45) is 1.33. The lowest BCUT2D eigenvalue weighted by molar-refractivity contribution is 0.0694. The summed E-state index contributed by atoms with van der Waals surface area (Å²) in [6, 6.07) is 2.81. The van der Waals surface area contributed by atoms with Crippen molar-refractivity contribution in [1.29, 1.82) is 0 Å². The van der Waals surface area contributed by atoms with Crippen molar-refractivity contribution in [3.63, 3.8) is 0 Å². The van der Waals surface area contributed by atoms with Crippen LogP contribution in [0.15, 0.2) is 23.1 Å². The molecule has 1 aromatic carbocycles. The molecule has 162 valence electrons. The van der Waals surface area contributed by atoms with Gasteiger partial charge >= 0.3 is 5.97 Å². The van der Waals surface area contributed by atoms with Crippen LogP contribution in [0.1, 0.15) is 17.3 Å². The molecule has 1 aliphatic rings. The molecule has 1 aromatic heterocycles. The third-order valence-electron chi connectivity index (χ3n) is 4.18. The first-order valence-electron chi connectivity index (χ1n) is 7.58. The number of aromatic nitrogens is 1. The zero-order chi connectivity index (χ0) is 16.6. The van der Waals surface area contributed by atoms with E-state index in [0.29, 0.717) is 30.8 Å². The fourth-order valence-electron chi connectivity index (χ4n) is 2.96. The van der Waals surface area contributed by atoms with Gasteiger partial charge in [0.25, 0.3) is 0 Å². The number of rotatable bonds is 3. The molecular formula is C16H28FN3O8. The summed E-state index contributed by atoms with van der Waals surface area (Å²) in [7, 11) is 0. The summed E-state index contributed by atoms with van der Waals surface area (Å²) in [4.78, 5) is 25.4. The van der Waals surface area contributed by atoms with E-state index in [4.69, 9.17) is 5.11 Å². The minimum atomic E-state index is -1.30. The first-order valence-corrected chi connectivity index (χ1v) is 7.58. The van der Waals surface area contributed by atoms with Crippen molar-refractivity contribution in [1.82, 2.24) is 9.88 Å². The normalized spacial score (nSPS) is 12.4. The number of halogens is 1. The Kier molecular flexibility index (Phi) is 12.9. The van der Waals surface area contributed by atoms with Gasteiger partial charge in [-0.15, -0.1) is 0 Å². The van der Waals surface area contributed by atoms with Gasteiger partial charge in [0.1, 0.15) is 11.4 Å². The second kappa shape index (κ2) is 12.0. The molecule has 2 aromatic rings. The van der Waals surface area contributed by atoms with E-state index in [-0.39, 0.29) is 38.3 Å². The number of fused-ring (bicyclic) bond motifs is 1. The van der Waals surface area contributed by atoms with Crippen LogP contribution in [0.3, 0.4) is 0 Å².